The van der Waals surface area contributed by atoms with E-state index in [1.807, 2.05) is 0 Å². The Kier molecular flexibility index (Phi) is 1.93. The number of aryl methyl sites for hydroxylation is 1. The monoisotopic (exact) mass is 170 g/mol. The Morgan fingerprint density at radius 1 is 1.55 bits per heavy atom. The maximum Gasteiger partial charge on any atom is 0.0844 e. The molecule has 3 nitrogen and oxygen atoms in total. The van der Waals surface area contributed by atoms with Crippen LogP contribution in [0.25, 0.3) is 0 Å². The summed E-state index contributed by atoms with van der Waals surface area (Å²) in [4.78, 5) is 0. The van der Waals surface area contributed by atoms with Crippen LogP contribution in [0.1, 0.15) is 17.7 Å². The molecule has 11 heavy (non-hydrogen) atoms. The van der Waals surface area contributed by atoms with Crippen LogP contribution in [0.15, 0.2) is 0 Å². The van der Waals surface area contributed by atoms with Gasteiger partial charge in [-0.05, 0) is 12.8 Å². The molecule has 0 saturated carbocycles. The quantitative estimate of drug-likeness (QED) is 0.571. The van der Waals surface area contributed by atoms with Crippen LogP contribution in [-0.2, 0) is 17.8 Å². The number of H-pyrrole nitrogens is 1. The summed E-state index contributed by atoms with van der Waals surface area (Å²) in [5.74, 6) is 0. The Bertz CT molecular complexity index is 259. The van der Waals surface area contributed by atoms with E-state index in [1.54, 1.807) is 0 Å². The van der Waals surface area contributed by atoms with Gasteiger partial charge in [0.25, 0.3) is 0 Å². The molecule has 0 saturated heterocycles. The normalized spacial score (nSPS) is 17.5. The second kappa shape index (κ2) is 2.92. The van der Waals surface area contributed by atoms with Crippen LogP contribution >= 0.6 is 9.24 Å². The van der Waals surface area contributed by atoms with Gasteiger partial charge < -0.3 is 4.74 Å². The molecule has 0 aromatic carbocycles. The fourth-order valence-electron chi connectivity index (χ4n) is 1.31. The maximum absolute atomic E-state index is 5.39. The number of rotatable bonds is 0. The third-order valence-electron chi connectivity index (χ3n) is 1.95. The van der Waals surface area contributed by atoms with Gasteiger partial charge in [0.2, 0.25) is 0 Å². The van der Waals surface area contributed by atoms with Crippen LogP contribution in [0.5, 0.6) is 0 Å². The van der Waals surface area contributed by atoms with E-state index >= 15 is 0 Å². The van der Waals surface area contributed by atoms with Gasteiger partial charge in [-0.15, -0.1) is 0 Å². The van der Waals surface area contributed by atoms with Crippen molar-refractivity contribution in [2.24, 2.45) is 0 Å². The topological polar surface area (TPSA) is 37.9 Å². The van der Waals surface area contributed by atoms with Crippen LogP contribution < -0.4 is 5.44 Å². The van der Waals surface area contributed by atoms with Crippen molar-refractivity contribution < 1.29 is 4.74 Å². The molecule has 60 valence electrons. The molecule has 0 spiro atoms. The number of nitrogens with one attached hydrogen (secondary N) is 1. The Morgan fingerprint density at radius 3 is 3.36 bits per heavy atom. The van der Waals surface area contributed by atoms with Gasteiger partial charge in [-0.2, -0.15) is 5.10 Å². The molecule has 1 aliphatic heterocycles. The third-order valence-corrected chi connectivity index (χ3v) is 2.42. The molecule has 0 fully saturated rings. The van der Waals surface area contributed by atoms with Gasteiger partial charge in [-0.25, -0.2) is 0 Å². The van der Waals surface area contributed by atoms with Crippen LogP contribution in [0.4, 0.5) is 0 Å². The standard InChI is InChI=1S/C7H11N2OP/c11-7-5-4-10-3-1-2-6(5)8-9-7/h1-4,11H2,(H,8,9). The summed E-state index contributed by atoms with van der Waals surface area (Å²) in [6.45, 7) is 1.58. The number of hydrogen-bond acceptors (Lipinski definition) is 2. The molecule has 1 unspecified atom stereocenters. The van der Waals surface area contributed by atoms with E-state index in [0.717, 1.165) is 24.9 Å². The molecule has 4 heteroatoms. The van der Waals surface area contributed by atoms with Crippen molar-refractivity contribution in [3.8, 4) is 0 Å². The number of nitrogens with zero attached hydrogens (tertiary/aromatic N) is 1. The summed E-state index contributed by atoms with van der Waals surface area (Å²) in [5, 5.41) is 7.11. The molecular formula is C7H11N2OP. The Balaban J connectivity index is 2.35. The van der Waals surface area contributed by atoms with E-state index in [1.165, 1.54) is 11.3 Å². The SMILES string of the molecule is Pc1n[nH]c2c1COCCC2. The van der Waals surface area contributed by atoms with Gasteiger partial charge >= 0.3 is 0 Å². The van der Waals surface area contributed by atoms with Crippen LogP contribution in [0.3, 0.4) is 0 Å². The van der Waals surface area contributed by atoms with Crippen molar-refractivity contribution in [1.82, 2.24) is 10.2 Å². The Labute approximate surface area is 67.7 Å². The highest BCUT2D eigenvalue weighted by molar-refractivity contribution is 7.27. The van der Waals surface area contributed by atoms with Gasteiger partial charge in [0.1, 0.15) is 0 Å². The van der Waals surface area contributed by atoms with E-state index in [2.05, 4.69) is 19.4 Å². The predicted molar refractivity (Wildman–Crippen MR) is 45.9 cm³/mol. The number of aromatic amines is 1. The Hall–Kier alpha value is -0.400. The zero-order chi connectivity index (χ0) is 7.68. The lowest BCUT2D eigenvalue weighted by atomic mass is 10.2. The summed E-state index contributed by atoms with van der Waals surface area (Å²) in [5.41, 5.74) is 3.47. The molecule has 1 aliphatic rings. The minimum Gasteiger partial charge on any atom is -0.377 e. The highest BCUT2D eigenvalue weighted by Crippen LogP contribution is 2.13. The highest BCUT2D eigenvalue weighted by atomic mass is 31.0. The zero-order valence-corrected chi connectivity index (χ0v) is 7.42. The minimum atomic E-state index is 0.713. The Morgan fingerprint density at radius 2 is 2.45 bits per heavy atom. The summed E-state index contributed by atoms with van der Waals surface area (Å²) < 4.78 is 5.39. The molecule has 0 amide bonds. The fraction of sp³-hybridized carbons (Fsp3) is 0.571. The lowest BCUT2D eigenvalue weighted by molar-refractivity contribution is 0.125. The van der Waals surface area contributed by atoms with E-state index in [-0.39, 0.29) is 0 Å². The van der Waals surface area contributed by atoms with Gasteiger partial charge in [0.05, 0.1) is 12.0 Å². The van der Waals surface area contributed by atoms with Crippen molar-refractivity contribution in [3.05, 3.63) is 11.3 Å². The van der Waals surface area contributed by atoms with Crippen LogP contribution in [-0.4, -0.2) is 16.8 Å². The molecule has 2 heterocycles. The molecule has 1 aromatic rings. The van der Waals surface area contributed by atoms with E-state index < -0.39 is 0 Å². The summed E-state index contributed by atoms with van der Waals surface area (Å²) in [6.07, 6.45) is 2.16. The zero-order valence-electron chi connectivity index (χ0n) is 6.26. The highest BCUT2D eigenvalue weighted by Gasteiger charge is 2.12. The minimum absolute atomic E-state index is 0.713. The lowest BCUT2D eigenvalue weighted by Crippen LogP contribution is -2.01. The van der Waals surface area contributed by atoms with E-state index in [9.17, 15) is 0 Å². The second-order valence-corrected chi connectivity index (χ2v) is 3.27. The first-order valence-electron chi connectivity index (χ1n) is 3.77. The fourth-order valence-corrected chi connectivity index (χ4v) is 1.63. The van der Waals surface area contributed by atoms with Gasteiger partial charge in [-0.3, -0.25) is 5.10 Å². The number of hydrogen-bond donors (Lipinski definition) is 1. The number of fused-ring (bicyclic) bond motifs is 1. The third kappa shape index (κ3) is 1.31. The van der Waals surface area contributed by atoms with Gasteiger partial charge in [-0.1, -0.05) is 9.24 Å². The lowest BCUT2D eigenvalue weighted by Gasteiger charge is -1.96. The van der Waals surface area contributed by atoms with Crippen LogP contribution in [0.2, 0.25) is 0 Å². The molecule has 1 aromatic heterocycles. The molecule has 1 N–H and O–H groups in total. The molecule has 0 bridgehead atoms. The van der Waals surface area contributed by atoms with Crippen molar-refractivity contribution in [2.75, 3.05) is 6.61 Å². The first-order chi connectivity index (χ1) is 5.38. The van der Waals surface area contributed by atoms with Crippen molar-refractivity contribution >= 4 is 14.7 Å². The number of ether oxygens (including phenoxy) is 1. The largest absolute Gasteiger partial charge is 0.377 e. The molecule has 0 aliphatic carbocycles. The van der Waals surface area contributed by atoms with Crippen molar-refractivity contribution in [2.45, 2.75) is 19.4 Å². The van der Waals surface area contributed by atoms with Crippen molar-refractivity contribution in [3.63, 3.8) is 0 Å². The van der Waals surface area contributed by atoms with Gasteiger partial charge in [0, 0.05) is 17.9 Å². The molecule has 1 atom stereocenters. The summed E-state index contributed by atoms with van der Waals surface area (Å²) in [7, 11) is 2.62. The van der Waals surface area contributed by atoms with Crippen LogP contribution in [0, 0.1) is 0 Å². The predicted octanol–water partition coefficient (Wildman–Crippen LogP) is 0.373. The second-order valence-electron chi connectivity index (χ2n) is 2.72. The summed E-state index contributed by atoms with van der Waals surface area (Å²) >= 11 is 0. The summed E-state index contributed by atoms with van der Waals surface area (Å²) in [6, 6.07) is 0. The van der Waals surface area contributed by atoms with Crippen molar-refractivity contribution in [1.29, 1.82) is 0 Å². The number of aromatic nitrogens is 2. The maximum atomic E-state index is 5.39. The molecule has 2 rings (SSSR count). The van der Waals surface area contributed by atoms with Gasteiger partial charge in [0.15, 0.2) is 0 Å². The average Bonchev–Trinajstić information content (AvgIpc) is 2.25. The van der Waals surface area contributed by atoms with E-state index in [0.29, 0.717) is 6.61 Å². The molecular weight excluding hydrogens is 159 g/mol. The average molecular weight is 170 g/mol. The molecule has 0 radical (unpaired) electrons. The first kappa shape index (κ1) is 7.26. The smallest absolute Gasteiger partial charge is 0.0844 e. The first-order valence-corrected chi connectivity index (χ1v) is 4.35. The van der Waals surface area contributed by atoms with E-state index in [4.69, 9.17) is 4.74 Å².